The van der Waals surface area contributed by atoms with Gasteiger partial charge in [0.05, 0.1) is 0 Å². The van der Waals surface area contributed by atoms with Crippen molar-refractivity contribution in [3.8, 4) is 0 Å². The third kappa shape index (κ3) is 2.98. The van der Waals surface area contributed by atoms with E-state index in [-0.39, 0.29) is 6.03 Å². The Kier molecular flexibility index (Phi) is 3.83. The molecule has 1 N–H and O–H groups in total. The number of nitrogens with one attached hydrogen (secondary N) is 1. The van der Waals surface area contributed by atoms with Crippen LogP contribution < -0.4 is 5.32 Å². The summed E-state index contributed by atoms with van der Waals surface area (Å²) in [6.45, 7) is 2.38. The van der Waals surface area contributed by atoms with E-state index < -0.39 is 0 Å². The molecule has 1 aliphatic heterocycles. The normalized spacial score (nSPS) is 15.2. The van der Waals surface area contributed by atoms with E-state index >= 15 is 0 Å². The topological polar surface area (TPSA) is 32.3 Å². The van der Waals surface area contributed by atoms with Gasteiger partial charge in [-0.15, -0.1) is 0 Å². The third-order valence-corrected chi connectivity index (χ3v) is 3.22. The van der Waals surface area contributed by atoms with Gasteiger partial charge in [0.2, 0.25) is 0 Å². The van der Waals surface area contributed by atoms with Gasteiger partial charge in [-0.3, -0.25) is 0 Å². The second-order valence-electron chi connectivity index (χ2n) is 3.98. The zero-order chi connectivity index (χ0) is 11.4. The minimum absolute atomic E-state index is 0.0532. The van der Waals surface area contributed by atoms with E-state index in [1.807, 2.05) is 29.2 Å². The van der Waals surface area contributed by atoms with E-state index in [2.05, 4.69) is 21.2 Å². The molecule has 86 valence electrons. The number of nitrogens with zero attached hydrogens (tertiary/aromatic N) is 1. The molecule has 1 aromatic carbocycles. The summed E-state index contributed by atoms with van der Waals surface area (Å²) < 4.78 is 1.04. The number of benzene rings is 1. The molecule has 2 rings (SSSR count). The summed E-state index contributed by atoms with van der Waals surface area (Å²) in [4.78, 5) is 13.6. The number of amides is 2. The van der Waals surface area contributed by atoms with E-state index in [0.29, 0.717) is 6.54 Å². The molecule has 1 aliphatic rings. The molecule has 0 unspecified atom stereocenters. The highest BCUT2D eigenvalue weighted by atomic mass is 79.9. The Hall–Kier alpha value is -1.03. The maximum atomic E-state index is 11.7. The lowest BCUT2D eigenvalue weighted by Crippen LogP contribution is -2.37. The Morgan fingerprint density at radius 3 is 2.81 bits per heavy atom. The van der Waals surface area contributed by atoms with Crippen LogP contribution in [-0.4, -0.2) is 24.0 Å². The molecule has 2 amide bonds. The number of likely N-dealkylation sites (tertiary alicyclic amines) is 1. The van der Waals surface area contributed by atoms with Crippen molar-refractivity contribution in [2.24, 2.45) is 0 Å². The summed E-state index contributed by atoms with van der Waals surface area (Å²) in [7, 11) is 0. The maximum absolute atomic E-state index is 11.7. The van der Waals surface area contributed by atoms with Crippen LogP contribution in [0.15, 0.2) is 28.7 Å². The molecular weight excluding hydrogens is 268 g/mol. The average molecular weight is 283 g/mol. The molecule has 0 bridgehead atoms. The van der Waals surface area contributed by atoms with Gasteiger partial charge in [-0.25, -0.2) is 4.79 Å². The quantitative estimate of drug-likeness (QED) is 0.889. The Morgan fingerprint density at radius 2 is 2.12 bits per heavy atom. The molecule has 1 fully saturated rings. The minimum atomic E-state index is 0.0532. The predicted octanol–water partition coefficient (Wildman–Crippen LogP) is 2.75. The number of hydrogen-bond donors (Lipinski definition) is 1. The highest BCUT2D eigenvalue weighted by molar-refractivity contribution is 9.10. The van der Waals surface area contributed by atoms with Gasteiger partial charge in [0.25, 0.3) is 0 Å². The number of rotatable bonds is 2. The van der Waals surface area contributed by atoms with Gasteiger partial charge in [0.15, 0.2) is 0 Å². The van der Waals surface area contributed by atoms with Crippen molar-refractivity contribution in [1.29, 1.82) is 0 Å². The van der Waals surface area contributed by atoms with E-state index in [9.17, 15) is 4.79 Å². The first-order chi connectivity index (χ1) is 7.75. The second-order valence-corrected chi connectivity index (χ2v) is 4.90. The highest BCUT2D eigenvalue weighted by Crippen LogP contribution is 2.12. The maximum Gasteiger partial charge on any atom is 0.317 e. The first-order valence-electron chi connectivity index (χ1n) is 5.53. The number of hydrogen-bond acceptors (Lipinski definition) is 1. The van der Waals surface area contributed by atoms with Gasteiger partial charge in [-0.2, -0.15) is 0 Å². The zero-order valence-electron chi connectivity index (χ0n) is 9.08. The van der Waals surface area contributed by atoms with Crippen molar-refractivity contribution in [3.05, 3.63) is 34.3 Å². The molecule has 0 spiro atoms. The Balaban J connectivity index is 1.84. The molecular formula is C12H15BrN2O. The monoisotopic (exact) mass is 282 g/mol. The molecule has 16 heavy (non-hydrogen) atoms. The van der Waals surface area contributed by atoms with E-state index in [1.165, 1.54) is 0 Å². The van der Waals surface area contributed by atoms with Crippen LogP contribution in [0.25, 0.3) is 0 Å². The molecule has 1 heterocycles. The van der Waals surface area contributed by atoms with Crippen LogP contribution in [0.1, 0.15) is 18.4 Å². The van der Waals surface area contributed by atoms with Crippen LogP contribution in [0.2, 0.25) is 0 Å². The average Bonchev–Trinajstić information content (AvgIpc) is 2.79. The highest BCUT2D eigenvalue weighted by Gasteiger charge is 2.16. The summed E-state index contributed by atoms with van der Waals surface area (Å²) in [5, 5.41) is 2.93. The van der Waals surface area contributed by atoms with E-state index in [4.69, 9.17) is 0 Å². The molecule has 0 saturated carbocycles. The molecule has 3 nitrogen and oxygen atoms in total. The lowest BCUT2D eigenvalue weighted by atomic mass is 10.2. The molecule has 4 heteroatoms. The standard InChI is InChI=1S/C12H15BrN2O/c13-11-5-3-4-10(8-11)9-14-12(16)15-6-1-2-7-15/h3-5,8H,1-2,6-7,9H2,(H,14,16). The van der Waals surface area contributed by atoms with Crippen LogP contribution in [0.3, 0.4) is 0 Å². The largest absolute Gasteiger partial charge is 0.334 e. The molecule has 0 aromatic heterocycles. The number of carbonyl (C=O) groups is 1. The van der Waals surface area contributed by atoms with Crippen LogP contribution in [0.4, 0.5) is 4.79 Å². The van der Waals surface area contributed by atoms with Crippen molar-refractivity contribution in [2.45, 2.75) is 19.4 Å². The first kappa shape index (κ1) is 11.5. The Labute approximate surface area is 104 Å². The summed E-state index contributed by atoms with van der Waals surface area (Å²) in [6.07, 6.45) is 2.26. The number of carbonyl (C=O) groups excluding carboxylic acids is 1. The lowest BCUT2D eigenvalue weighted by molar-refractivity contribution is 0.208. The van der Waals surface area contributed by atoms with Crippen molar-refractivity contribution in [3.63, 3.8) is 0 Å². The Morgan fingerprint density at radius 1 is 1.38 bits per heavy atom. The van der Waals surface area contributed by atoms with Gasteiger partial charge < -0.3 is 10.2 Å². The Bertz CT molecular complexity index is 375. The minimum Gasteiger partial charge on any atom is -0.334 e. The fourth-order valence-corrected chi connectivity index (χ4v) is 2.30. The van der Waals surface area contributed by atoms with Crippen molar-refractivity contribution in [2.75, 3.05) is 13.1 Å². The van der Waals surface area contributed by atoms with Crippen molar-refractivity contribution < 1.29 is 4.79 Å². The molecule has 1 aromatic rings. The molecule has 0 atom stereocenters. The van der Waals surface area contributed by atoms with E-state index in [0.717, 1.165) is 36.0 Å². The predicted molar refractivity (Wildman–Crippen MR) is 67.2 cm³/mol. The van der Waals surface area contributed by atoms with Crippen molar-refractivity contribution >= 4 is 22.0 Å². The fraction of sp³-hybridized carbons (Fsp3) is 0.417. The van der Waals surface area contributed by atoms with Crippen LogP contribution in [-0.2, 0) is 6.54 Å². The molecule has 0 radical (unpaired) electrons. The van der Waals surface area contributed by atoms with Crippen LogP contribution in [0.5, 0.6) is 0 Å². The SMILES string of the molecule is O=C(NCc1cccc(Br)c1)N1CCCC1. The van der Waals surface area contributed by atoms with Crippen LogP contribution >= 0.6 is 15.9 Å². The summed E-state index contributed by atoms with van der Waals surface area (Å²) in [6, 6.07) is 8.03. The summed E-state index contributed by atoms with van der Waals surface area (Å²) in [5.41, 5.74) is 1.11. The lowest BCUT2D eigenvalue weighted by Gasteiger charge is -2.16. The van der Waals surface area contributed by atoms with Gasteiger partial charge in [0, 0.05) is 24.1 Å². The second kappa shape index (κ2) is 5.34. The van der Waals surface area contributed by atoms with Crippen LogP contribution in [0, 0.1) is 0 Å². The van der Waals surface area contributed by atoms with Gasteiger partial charge >= 0.3 is 6.03 Å². The molecule has 1 saturated heterocycles. The van der Waals surface area contributed by atoms with Gasteiger partial charge in [0.1, 0.15) is 0 Å². The van der Waals surface area contributed by atoms with E-state index in [1.54, 1.807) is 0 Å². The van der Waals surface area contributed by atoms with Crippen molar-refractivity contribution in [1.82, 2.24) is 10.2 Å². The zero-order valence-corrected chi connectivity index (χ0v) is 10.7. The molecule has 0 aliphatic carbocycles. The van der Waals surface area contributed by atoms with Gasteiger partial charge in [-0.1, -0.05) is 28.1 Å². The summed E-state index contributed by atoms with van der Waals surface area (Å²) >= 11 is 3.41. The van der Waals surface area contributed by atoms with Gasteiger partial charge in [-0.05, 0) is 30.5 Å². The third-order valence-electron chi connectivity index (χ3n) is 2.73. The summed E-state index contributed by atoms with van der Waals surface area (Å²) in [5.74, 6) is 0. The number of halogens is 1. The smallest absolute Gasteiger partial charge is 0.317 e. The number of urea groups is 1. The fourth-order valence-electron chi connectivity index (χ4n) is 1.86. The first-order valence-corrected chi connectivity index (χ1v) is 6.32.